The third kappa shape index (κ3) is 4.85. The lowest BCUT2D eigenvalue weighted by atomic mass is 10.0. The van der Waals surface area contributed by atoms with Crippen molar-refractivity contribution in [2.45, 2.75) is 45.6 Å². The Hall–Kier alpha value is -1.26. The minimum absolute atomic E-state index is 0.353. The van der Waals surface area contributed by atoms with Crippen molar-refractivity contribution in [1.29, 1.82) is 0 Å². The Morgan fingerprint density at radius 3 is 2.74 bits per heavy atom. The average molecular weight is 318 g/mol. The van der Waals surface area contributed by atoms with E-state index in [1.165, 1.54) is 38.0 Å². The maximum atomic E-state index is 5.45. The molecule has 2 aliphatic rings. The number of likely N-dealkylation sites (tertiary alicyclic amines) is 1. The molecule has 4 nitrogen and oxygen atoms in total. The molecule has 0 amide bonds. The molecule has 4 heteroatoms. The monoisotopic (exact) mass is 318 g/mol. The van der Waals surface area contributed by atoms with Gasteiger partial charge in [0.2, 0.25) is 6.79 Å². The highest BCUT2D eigenvalue weighted by molar-refractivity contribution is 5.44. The molecule has 0 aliphatic carbocycles. The van der Waals surface area contributed by atoms with Crippen molar-refractivity contribution in [3.8, 4) is 11.5 Å². The van der Waals surface area contributed by atoms with Crippen LogP contribution in [-0.2, 0) is 6.42 Å². The van der Waals surface area contributed by atoms with Gasteiger partial charge in [-0.25, -0.2) is 0 Å². The summed E-state index contributed by atoms with van der Waals surface area (Å²) < 4.78 is 10.8. The van der Waals surface area contributed by atoms with E-state index in [1.807, 2.05) is 6.07 Å². The Balaban J connectivity index is 1.35. The lowest BCUT2D eigenvalue weighted by Crippen LogP contribution is -2.35. The number of benzene rings is 1. The van der Waals surface area contributed by atoms with E-state index < -0.39 is 0 Å². The van der Waals surface area contributed by atoms with Crippen molar-refractivity contribution >= 4 is 0 Å². The van der Waals surface area contributed by atoms with Crippen LogP contribution in [0.25, 0.3) is 0 Å². The third-order valence-corrected chi connectivity index (χ3v) is 4.89. The summed E-state index contributed by atoms with van der Waals surface area (Å²) in [4.78, 5) is 2.60. The maximum Gasteiger partial charge on any atom is 0.231 e. The zero-order valence-corrected chi connectivity index (χ0v) is 14.5. The summed E-state index contributed by atoms with van der Waals surface area (Å²) >= 11 is 0. The van der Waals surface area contributed by atoms with Crippen LogP contribution in [0.4, 0.5) is 0 Å². The molecule has 1 N–H and O–H groups in total. The normalized spacial score (nSPS) is 19.9. The Kier molecular flexibility index (Phi) is 5.79. The van der Waals surface area contributed by atoms with Crippen LogP contribution < -0.4 is 14.8 Å². The van der Waals surface area contributed by atoms with Gasteiger partial charge in [0.05, 0.1) is 0 Å². The fraction of sp³-hybridized carbons (Fsp3) is 0.684. The molecular formula is C19H30N2O2. The summed E-state index contributed by atoms with van der Waals surface area (Å²) in [7, 11) is 0. The number of fused-ring (bicyclic) bond motifs is 1. The van der Waals surface area contributed by atoms with Crippen molar-refractivity contribution in [2.24, 2.45) is 5.92 Å². The van der Waals surface area contributed by atoms with Crippen molar-refractivity contribution in [1.82, 2.24) is 10.2 Å². The van der Waals surface area contributed by atoms with E-state index in [0.29, 0.717) is 12.8 Å². The molecule has 3 rings (SSSR count). The van der Waals surface area contributed by atoms with E-state index in [-0.39, 0.29) is 0 Å². The molecule has 0 bridgehead atoms. The number of nitrogens with one attached hydrogen (secondary N) is 1. The van der Waals surface area contributed by atoms with Gasteiger partial charge in [0.25, 0.3) is 0 Å². The van der Waals surface area contributed by atoms with Crippen molar-refractivity contribution in [3.63, 3.8) is 0 Å². The van der Waals surface area contributed by atoms with Crippen LogP contribution in [0.1, 0.15) is 38.7 Å². The molecule has 0 aromatic heterocycles. The highest BCUT2D eigenvalue weighted by atomic mass is 16.7. The Bertz CT molecular complexity index is 500. The van der Waals surface area contributed by atoms with Gasteiger partial charge >= 0.3 is 0 Å². The van der Waals surface area contributed by atoms with E-state index in [2.05, 4.69) is 36.2 Å². The summed E-state index contributed by atoms with van der Waals surface area (Å²) in [6.07, 6.45) is 4.99. The molecule has 0 radical (unpaired) electrons. The molecular weight excluding hydrogens is 288 g/mol. The van der Waals surface area contributed by atoms with Gasteiger partial charge in [0, 0.05) is 12.6 Å². The Morgan fingerprint density at radius 2 is 1.91 bits per heavy atom. The quantitative estimate of drug-likeness (QED) is 0.799. The second-order valence-corrected chi connectivity index (χ2v) is 7.15. The number of aryl methyl sites for hydroxylation is 1. The van der Waals surface area contributed by atoms with Crippen molar-refractivity contribution in [2.75, 3.05) is 33.0 Å². The van der Waals surface area contributed by atoms with E-state index in [0.717, 1.165) is 36.8 Å². The van der Waals surface area contributed by atoms with Gasteiger partial charge < -0.3 is 19.7 Å². The van der Waals surface area contributed by atoms with E-state index in [4.69, 9.17) is 9.47 Å². The number of hydrogen-bond acceptors (Lipinski definition) is 4. The third-order valence-electron chi connectivity index (χ3n) is 4.89. The van der Waals surface area contributed by atoms with Gasteiger partial charge in [-0.3, -0.25) is 0 Å². The fourth-order valence-corrected chi connectivity index (χ4v) is 3.45. The first-order chi connectivity index (χ1) is 11.2. The van der Waals surface area contributed by atoms with Gasteiger partial charge in [-0.05, 0) is 75.9 Å². The van der Waals surface area contributed by atoms with Crippen LogP contribution >= 0.6 is 0 Å². The van der Waals surface area contributed by atoms with Gasteiger partial charge in [-0.15, -0.1) is 0 Å². The Morgan fingerprint density at radius 1 is 1.13 bits per heavy atom. The van der Waals surface area contributed by atoms with Crippen molar-refractivity contribution < 1.29 is 9.47 Å². The maximum absolute atomic E-state index is 5.45. The van der Waals surface area contributed by atoms with Gasteiger partial charge in [-0.2, -0.15) is 0 Å². The summed E-state index contributed by atoms with van der Waals surface area (Å²) in [6.45, 7) is 9.94. The standard InChI is InChI=1S/C19H30N2O2/c1-15(13-21-9-3-4-10-21)12-20-16(2)5-6-17-7-8-18-19(11-17)23-14-22-18/h7-8,11,15-16,20H,3-6,9-10,12-14H2,1-2H3. The molecule has 128 valence electrons. The van der Waals surface area contributed by atoms with E-state index >= 15 is 0 Å². The summed E-state index contributed by atoms with van der Waals surface area (Å²) in [5, 5.41) is 3.70. The second-order valence-electron chi connectivity index (χ2n) is 7.15. The zero-order valence-electron chi connectivity index (χ0n) is 14.5. The van der Waals surface area contributed by atoms with Crippen LogP contribution in [0.3, 0.4) is 0 Å². The largest absolute Gasteiger partial charge is 0.454 e. The number of ether oxygens (including phenoxy) is 2. The summed E-state index contributed by atoms with van der Waals surface area (Å²) in [5.41, 5.74) is 1.33. The van der Waals surface area contributed by atoms with Crippen LogP contribution in [0.5, 0.6) is 11.5 Å². The van der Waals surface area contributed by atoms with E-state index in [9.17, 15) is 0 Å². The smallest absolute Gasteiger partial charge is 0.231 e. The SMILES string of the molecule is CC(CNC(C)CCc1ccc2c(c1)OCO2)CN1CCCC1. The average Bonchev–Trinajstić information content (AvgIpc) is 3.21. The lowest BCUT2D eigenvalue weighted by Gasteiger charge is -2.22. The second kappa shape index (κ2) is 8.02. The van der Waals surface area contributed by atoms with E-state index in [1.54, 1.807) is 0 Å². The molecule has 2 unspecified atom stereocenters. The molecule has 2 aliphatic heterocycles. The van der Waals surface area contributed by atoms with Crippen molar-refractivity contribution in [3.05, 3.63) is 23.8 Å². The topological polar surface area (TPSA) is 33.7 Å². The van der Waals surface area contributed by atoms with Crippen LogP contribution in [0.15, 0.2) is 18.2 Å². The number of hydrogen-bond donors (Lipinski definition) is 1. The number of nitrogens with zero attached hydrogens (tertiary/aromatic N) is 1. The minimum Gasteiger partial charge on any atom is -0.454 e. The van der Waals surface area contributed by atoms with Gasteiger partial charge in [0.15, 0.2) is 11.5 Å². The highest BCUT2D eigenvalue weighted by Crippen LogP contribution is 2.32. The molecule has 2 atom stereocenters. The lowest BCUT2D eigenvalue weighted by molar-refractivity contribution is 0.174. The van der Waals surface area contributed by atoms with Crippen LogP contribution in [-0.4, -0.2) is 43.9 Å². The number of rotatable bonds is 8. The fourth-order valence-electron chi connectivity index (χ4n) is 3.45. The highest BCUT2D eigenvalue weighted by Gasteiger charge is 2.16. The first kappa shape index (κ1) is 16.6. The minimum atomic E-state index is 0.353. The predicted molar refractivity (Wildman–Crippen MR) is 93.2 cm³/mol. The molecule has 0 saturated carbocycles. The molecule has 2 heterocycles. The molecule has 1 aromatic rings. The summed E-state index contributed by atoms with van der Waals surface area (Å²) in [6, 6.07) is 6.83. The molecule has 1 fully saturated rings. The first-order valence-electron chi connectivity index (χ1n) is 9.05. The van der Waals surface area contributed by atoms with Gasteiger partial charge in [0.1, 0.15) is 0 Å². The molecule has 23 heavy (non-hydrogen) atoms. The first-order valence-corrected chi connectivity index (χ1v) is 9.05. The summed E-state index contributed by atoms with van der Waals surface area (Å²) in [5.74, 6) is 2.49. The van der Waals surface area contributed by atoms with Crippen LogP contribution in [0, 0.1) is 5.92 Å². The molecule has 1 saturated heterocycles. The molecule has 1 aromatic carbocycles. The van der Waals surface area contributed by atoms with Gasteiger partial charge in [-0.1, -0.05) is 13.0 Å². The zero-order chi connectivity index (χ0) is 16.1. The van der Waals surface area contributed by atoms with Crippen LogP contribution in [0.2, 0.25) is 0 Å². The predicted octanol–water partition coefficient (Wildman–Crippen LogP) is 3.06. The molecule has 0 spiro atoms. The Labute approximate surface area is 140 Å².